The van der Waals surface area contributed by atoms with E-state index in [9.17, 15) is 0 Å². The normalized spacial score (nSPS) is 11.6. The van der Waals surface area contributed by atoms with Gasteiger partial charge in [-0.1, -0.05) is 26.0 Å². The quantitative estimate of drug-likeness (QED) is 0.605. The van der Waals surface area contributed by atoms with Crippen LogP contribution in [-0.2, 0) is 19.6 Å². The number of nitrogens with zero attached hydrogens (tertiary/aromatic N) is 3. The van der Waals surface area contributed by atoms with E-state index in [0.29, 0.717) is 19.0 Å². The lowest BCUT2D eigenvalue weighted by molar-refractivity contribution is 0.414. The Balaban J connectivity index is 1.85. The fraction of sp³-hybridized carbons (Fsp3) is 0.444. The van der Waals surface area contributed by atoms with Crippen molar-refractivity contribution in [2.45, 2.75) is 33.5 Å². The van der Waals surface area contributed by atoms with Gasteiger partial charge >= 0.3 is 0 Å². The Morgan fingerprint density at radius 3 is 2.54 bits per heavy atom. The second kappa shape index (κ2) is 8.96. The Labute approximate surface area is 144 Å². The van der Waals surface area contributed by atoms with Gasteiger partial charge in [0.05, 0.1) is 13.7 Å². The molecule has 0 aliphatic rings. The monoisotopic (exact) mass is 329 g/mol. The third kappa shape index (κ3) is 5.30. The number of ether oxygens (including phenoxy) is 1. The maximum atomic E-state index is 5.17. The first kappa shape index (κ1) is 17.8. The van der Waals surface area contributed by atoms with Gasteiger partial charge in [-0.2, -0.15) is 0 Å². The number of benzene rings is 1. The molecule has 0 aliphatic heterocycles. The van der Waals surface area contributed by atoms with Crippen LogP contribution in [0.2, 0.25) is 0 Å². The van der Waals surface area contributed by atoms with E-state index in [4.69, 9.17) is 4.74 Å². The number of rotatable bonds is 7. The van der Waals surface area contributed by atoms with E-state index in [2.05, 4.69) is 39.0 Å². The minimum absolute atomic E-state index is 0.588. The lowest BCUT2D eigenvalue weighted by Gasteiger charge is -2.14. The van der Waals surface area contributed by atoms with Crippen LogP contribution in [0.1, 0.15) is 25.2 Å². The van der Waals surface area contributed by atoms with Crippen molar-refractivity contribution in [3.8, 4) is 5.75 Å². The molecule has 130 valence electrons. The van der Waals surface area contributed by atoms with Crippen molar-refractivity contribution in [2.75, 3.05) is 14.2 Å². The summed E-state index contributed by atoms with van der Waals surface area (Å²) in [6.07, 6.45) is 3.86. The van der Waals surface area contributed by atoms with Crippen molar-refractivity contribution in [3.05, 3.63) is 48.0 Å². The molecule has 0 saturated heterocycles. The summed E-state index contributed by atoms with van der Waals surface area (Å²) in [5, 5.41) is 6.62. The predicted molar refractivity (Wildman–Crippen MR) is 97.1 cm³/mol. The number of methoxy groups -OCH3 is 1. The van der Waals surface area contributed by atoms with E-state index in [1.54, 1.807) is 14.2 Å². The van der Waals surface area contributed by atoms with E-state index in [1.165, 1.54) is 5.56 Å². The minimum atomic E-state index is 0.588. The number of aromatic nitrogens is 2. The lowest BCUT2D eigenvalue weighted by Crippen LogP contribution is -2.37. The first-order valence-corrected chi connectivity index (χ1v) is 8.19. The highest BCUT2D eigenvalue weighted by molar-refractivity contribution is 5.79. The molecule has 24 heavy (non-hydrogen) atoms. The average Bonchev–Trinajstić information content (AvgIpc) is 3.02. The summed E-state index contributed by atoms with van der Waals surface area (Å²) in [7, 11) is 3.44. The summed E-state index contributed by atoms with van der Waals surface area (Å²) < 4.78 is 7.34. The van der Waals surface area contributed by atoms with Gasteiger partial charge in [0.2, 0.25) is 0 Å². The van der Waals surface area contributed by atoms with Gasteiger partial charge in [-0.25, -0.2) is 4.98 Å². The average molecular weight is 329 g/mol. The van der Waals surface area contributed by atoms with Gasteiger partial charge in [0, 0.05) is 32.5 Å². The Kier molecular flexibility index (Phi) is 6.66. The van der Waals surface area contributed by atoms with Gasteiger partial charge in [0.15, 0.2) is 5.96 Å². The molecule has 1 heterocycles. The highest BCUT2D eigenvalue weighted by Crippen LogP contribution is 2.10. The maximum Gasteiger partial charge on any atom is 0.191 e. The zero-order valence-corrected chi connectivity index (χ0v) is 14.9. The van der Waals surface area contributed by atoms with Gasteiger partial charge in [-0.3, -0.25) is 4.99 Å². The van der Waals surface area contributed by atoms with Crippen LogP contribution in [0.4, 0.5) is 0 Å². The summed E-state index contributed by atoms with van der Waals surface area (Å²) >= 11 is 0. The van der Waals surface area contributed by atoms with E-state index in [0.717, 1.165) is 24.1 Å². The number of nitrogens with one attached hydrogen (secondary N) is 2. The smallest absolute Gasteiger partial charge is 0.191 e. The molecule has 0 atom stereocenters. The van der Waals surface area contributed by atoms with Gasteiger partial charge in [-0.05, 0) is 23.6 Å². The van der Waals surface area contributed by atoms with Crippen molar-refractivity contribution >= 4 is 5.96 Å². The van der Waals surface area contributed by atoms with E-state index < -0.39 is 0 Å². The van der Waals surface area contributed by atoms with E-state index in [-0.39, 0.29) is 0 Å². The fourth-order valence-electron chi connectivity index (χ4n) is 2.38. The molecule has 1 aromatic heterocycles. The van der Waals surface area contributed by atoms with Crippen molar-refractivity contribution in [3.63, 3.8) is 0 Å². The number of guanidine groups is 1. The van der Waals surface area contributed by atoms with Crippen LogP contribution >= 0.6 is 0 Å². The molecule has 6 nitrogen and oxygen atoms in total. The van der Waals surface area contributed by atoms with Crippen molar-refractivity contribution in [1.29, 1.82) is 0 Å². The zero-order chi connectivity index (χ0) is 17.4. The molecule has 0 fully saturated rings. The summed E-state index contributed by atoms with van der Waals surface area (Å²) in [5.74, 6) is 3.21. The zero-order valence-electron chi connectivity index (χ0n) is 14.9. The molecule has 0 aliphatic carbocycles. The molecule has 6 heteroatoms. The molecule has 0 radical (unpaired) electrons. The molecule has 0 unspecified atom stereocenters. The Morgan fingerprint density at radius 2 is 1.92 bits per heavy atom. The number of aliphatic imine (C=N–C) groups is 1. The molecule has 0 amide bonds. The summed E-state index contributed by atoms with van der Waals surface area (Å²) in [6, 6.07) is 7.98. The highest BCUT2D eigenvalue weighted by atomic mass is 16.5. The summed E-state index contributed by atoms with van der Waals surface area (Å²) in [4.78, 5) is 8.68. The fourth-order valence-corrected chi connectivity index (χ4v) is 2.38. The second-order valence-corrected chi connectivity index (χ2v) is 6.02. The standard InChI is InChI=1S/C18H27N5O/c1-14(2)13-23-10-9-20-17(23)12-22-18(19-3)21-11-15-5-7-16(24-4)8-6-15/h5-10,14H,11-13H2,1-4H3,(H2,19,21,22). The molecule has 0 spiro atoms. The van der Waals surface area contributed by atoms with Crippen LogP contribution in [0.25, 0.3) is 0 Å². The van der Waals surface area contributed by atoms with Crippen LogP contribution < -0.4 is 15.4 Å². The topological polar surface area (TPSA) is 63.5 Å². The Morgan fingerprint density at radius 1 is 1.21 bits per heavy atom. The Bertz CT molecular complexity index is 646. The van der Waals surface area contributed by atoms with Crippen LogP contribution in [-0.4, -0.2) is 29.7 Å². The molecule has 2 aromatic rings. The first-order chi connectivity index (χ1) is 11.6. The third-order valence-corrected chi connectivity index (χ3v) is 3.62. The third-order valence-electron chi connectivity index (χ3n) is 3.62. The number of imidazole rings is 1. The molecule has 2 N–H and O–H groups in total. The molecule has 2 rings (SSSR count). The van der Waals surface area contributed by atoms with Crippen molar-refractivity contribution < 1.29 is 4.74 Å². The van der Waals surface area contributed by atoms with Crippen LogP contribution in [0.5, 0.6) is 5.75 Å². The van der Waals surface area contributed by atoms with Crippen LogP contribution in [0, 0.1) is 5.92 Å². The van der Waals surface area contributed by atoms with E-state index in [1.807, 2.05) is 36.7 Å². The summed E-state index contributed by atoms with van der Waals surface area (Å²) in [6.45, 7) is 6.71. The molecule has 1 aromatic carbocycles. The molecule has 0 bridgehead atoms. The number of hydrogen-bond donors (Lipinski definition) is 2. The van der Waals surface area contributed by atoms with Gasteiger partial charge in [0.1, 0.15) is 11.6 Å². The lowest BCUT2D eigenvalue weighted by atomic mass is 10.2. The minimum Gasteiger partial charge on any atom is -0.497 e. The van der Waals surface area contributed by atoms with Gasteiger partial charge in [-0.15, -0.1) is 0 Å². The molecular weight excluding hydrogens is 302 g/mol. The molecular formula is C18H27N5O. The van der Waals surface area contributed by atoms with Crippen LogP contribution in [0.15, 0.2) is 41.7 Å². The largest absolute Gasteiger partial charge is 0.497 e. The van der Waals surface area contributed by atoms with Gasteiger partial charge < -0.3 is 19.9 Å². The Hall–Kier alpha value is -2.50. The highest BCUT2D eigenvalue weighted by Gasteiger charge is 2.06. The van der Waals surface area contributed by atoms with Crippen molar-refractivity contribution in [2.24, 2.45) is 10.9 Å². The first-order valence-electron chi connectivity index (χ1n) is 8.19. The van der Waals surface area contributed by atoms with E-state index >= 15 is 0 Å². The molecule has 0 saturated carbocycles. The van der Waals surface area contributed by atoms with Gasteiger partial charge in [0.25, 0.3) is 0 Å². The number of hydrogen-bond acceptors (Lipinski definition) is 3. The summed E-state index contributed by atoms with van der Waals surface area (Å²) in [5.41, 5.74) is 1.17. The SMILES string of the molecule is CN=C(NCc1ccc(OC)cc1)NCc1nccn1CC(C)C. The maximum absolute atomic E-state index is 5.17. The predicted octanol–water partition coefficient (Wildman–Crippen LogP) is 2.41. The van der Waals surface area contributed by atoms with Crippen molar-refractivity contribution in [1.82, 2.24) is 20.2 Å². The van der Waals surface area contributed by atoms with Crippen LogP contribution in [0.3, 0.4) is 0 Å². The second-order valence-electron chi connectivity index (χ2n) is 6.02.